The highest BCUT2D eigenvalue weighted by Gasteiger charge is 2.67. The Hall–Kier alpha value is -1.65. The maximum Gasteiger partial charge on any atom is 0.326 e. The molecule has 5 nitrogen and oxygen atoms in total. The Labute approximate surface area is 110 Å². The Balaban J connectivity index is 1.74. The Kier molecular flexibility index (Phi) is 1.92. The molecule has 2 amide bonds. The van der Waals surface area contributed by atoms with Gasteiger partial charge in [0.15, 0.2) is 0 Å². The second kappa shape index (κ2) is 3.26. The van der Waals surface area contributed by atoms with E-state index >= 15 is 0 Å². The van der Waals surface area contributed by atoms with Crippen molar-refractivity contribution in [3.63, 3.8) is 0 Å². The van der Waals surface area contributed by atoms with Crippen molar-refractivity contribution in [1.82, 2.24) is 4.90 Å². The van der Waals surface area contributed by atoms with Gasteiger partial charge in [0, 0.05) is 0 Å². The standard InChI is InChI=1S/C14H15NO4/c1-5(14(18)19)15-12(16)10-6-2-3-7(9-4-8(6)9)11(10)13(15)17/h2-3,5-11H,4H2,1H3,(H,18,19)/t5-,6-,7-,8-,9+,10+,11+/m1/s1. The first-order chi connectivity index (χ1) is 9.02. The van der Waals surface area contributed by atoms with E-state index in [0.717, 1.165) is 11.3 Å². The fourth-order valence-electron chi connectivity index (χ4n) is 4.47. The molecule has 7 atom stereocenters. The third-order valence-corrected chi connectivity index (χ3v) is 5.44. The maximum atomic E-state index is 12.5. The van der Waals surface area contributed by atoms with E-state index < -0.39 is 12.0 Å². The van der Waals surface area contributed by atoms with Crippen LogP contribution in [0.2, 0.25) is 0 Å². The lowest BCUT2D eigenvalue weighted by Crippen LogP contribution is -2.43. The molecule has 0 aromatic carbocycles. The predicted molar refractivity (Wildman–Crippen MR) is 63.6 cm³/mol. The molecule has 5 aliphatic rings. The van der Waals surface area contributed by atoms with E-state index in [4.69, 9.17) is 5.11 Å². The fourth-order valence-corrected chi connectivity index (χ4v) is 4.47. The normalized spacial score (nSPS) is 47.1. The quantitative estimate of drug-likeness (QED) is 0.580. The zero-order valence-corrected chi connectivity index (χ0v) is 10.5. The van der Waals surface area contributed by atoms with Gasteiger partial charge >= 0.3 is 5.97 Å². The maximum absolute atomic E-state index is 12.5. The molecule has 3 fully saturated rings. The Morgan fingerprint density at radius 1 is 1.21 bits per heavy atom. The largest absolute Gasteiger partial charge is 0.480 e. The molecule has 2 saturated carbocycles. The van der Waals surface area contributed by atoms with Crippen molar-refractivity contribution in [3.8, 4) is 0 Å². The van der Waals surface area contributed by atoms with Crippen LogP contribution in [-0.4, -0.2) is 33.8 Å². The molecule has 2 bridgehead atoms. The Morgan fingerprint density at radius 3 is 2.11 bits per heavy atom. The van der Waals surface area contributed by atoms with Crippen molar-refractivity contribution in [2.45, 2.75) is 19.4 Å². The van der Waals surface area contributed by atoms with E-state index in [1.165, 1.54) is 6.92 Å². The lowest BCUT2D eigenvalue weighted by molar-refractivity contribution is -0.154. The van der Waals surface area contributed by atoms with E-state index in [9.17, 15) is 14.4 Å². The summed E-state index contributed by atoms with van der Waals surface area (Å²) in [5, 5.41) is 9.06. The van der Waals surface area contributed by atoms with Crippen LogP contribution in [-0.2, 0) is 14.4 Å². The second-order valence-corrected chi connectivity index (χ2v) is 6.22. The SMILES string of the molecule is C[C@H](C(=O)O)N1C(=O)[C@H]2[C@@H]3C=C[C@H]([C@@H]4C[C@H]34)[C@@H]2C1=O. The van der Waals surface area contributed by atoms with Crippen LogP contribution in [0.1, 0.15) is 13.3 Å². The van der Waals surface area contributed by atoms with Crippen LogP contribution in [0.4, 0.5) is 0 Å². The molecule has 1 N–H and O–H groups in total. The third-order valence-electron chi connectivity index (χ3n) is 5.44. The van der Waals surface area contributed by atoms with Gasteiger partial charge in [0.1, 0.15) is 6.04 Å². The number of nitrogens with zero attached hydrogens (tertiary/aromatic N) is 1. The first-order valence-corrected chi connectivity index (χ1v) is 6.80. The number of rotatable bonds is 2. The minimum Gasteiger partial charge on any atom is -0.480 e. The van der Waals surface area contributed by atoms with Crippen LogP contribution in [0.25, 0.3) is 0 Å². The number of imide groups is 1. The van der Waals surface area contributed by atoms with Crippen molar-refractivity contribution in [2.75, 3.05) is 0 Å². The number of allylic oxidation sites excluding steroid dienone is 2. The molecule has 0 aromatic rings. The number of carbonyl (C=O) groups is 3. The lowest BCUT2D eigenvalue weighted by Gasteiger charge is -2.37. The van der Waals surface area contributed by atoms with Crippen LogP contribution in [0, 0.1) is 35.5 Å². The molecule has 5 rings (SSSR count). The molecular formula is C14H15NO4. The van der Waals surface area contributed by atoms with Crippen LogP contribution >= 0.6 is 0 Å². The first-order valence-electron chi connectivity index (χ1n) is 6.80. The van der Waals surface area contributed by atoms with E-state index in [2.05, 4.69) is 12.2 Å². The van der Waals surface area contributed by atoms with Gasteiger partial charge in [-0.2, -0.15) is 0 Å². The van der Waals surface area contributed by atoms with E-state index in [-0.39, 0.29) is 35.5 Å². The lowest BCUT2D eigenvalue weighted by atomic mass is 9.63. The number of carboxylic acid groups (broad SMARTS) is 1. The second-order valence-electron chi connectivity index (χ2n) is 6.22. The van der Waals surface area contributed by atoms with Crippen molar-refractivity contribution in [3.05, 3.63) is 12.2 Å². The zero-order chi connectivity index (χ0) is 13.5. The third kappa shape index (κ3) is 1.18. The molecule has 1 aliphatic heterocycles. The topological polar surface area (TPSA) is 74.7 Å². The molecule has 0 spiro atoms. The summed E-state index contributed by atoms with van der Waals surface area (Å²) in [6.07, 6.45) is 5.28. The van der Waals surface area contributed by atoms with E-state index in [1.54, 1.807) is 0 Å². The summed E-state index contributed by atoms with van der Waals surface area (Å²) in [6.45, 7) is 1.41. The predicted octanol–water partition coefficient (Wildman–Crippen LogP) is 0.513. The molecule has 100 valence electrons. The Bertz CT molecular complexity index is 504. The summed E-state index contributed by atoms with van der Waals surface area (Å²) >= 11 is 0. The average molecular weight is 261 g/mol. The van der Waals surface area contributed by atoms with Crippen LogP contribution in [0.5, 0.6) is 0 Å². The monoisotopic (exact) mass is 261 g/mol. The highest BCUT2D eigenvalue weighted by atomic mass is 16.4. The van der Waals surface area contributed by atoms with Crippen molar-refractivity contribution < 1.29 is 19.5 Å². The van der Waals surface area contributed by atoms with Gasteiger partial charge in [0.2, 0.25) is 11.8 Å². The summed E-state index contributed by atoms with van der Waals surface area (Å²) in [7, 11) is 0. The summed E-state index contributed by atoms with van der Waals surface area (Å²) in [5.41, 5.74) is 0. The summed E-state index contributed by atoms with van der Waals surface area (Å²) < 4.78 is 0. The molecule has 0 unspecified atom stereocenters. The average Bonchev–Trinajstić information content (AvgIpc) is 3.14. The Morgan fingerprint density at radius 2 is 1.68 bits per heavy atom. The molecule has 19 heavy (non-hydrogen) atoms. The number of hydrogen-bond acceptors (Lipinski definition) is 3. The smallest absolute Gasteiger partial charge is 0.326 e. The summed E-state index contributed by atoms with van der Waals surface area (Å²) in [6, 6.07) is -1.05. The minimum atomic E-state index is -1.12. The number of amides is 2. The first kappa shape index (κ1) is 11.2. The van der Waals surface area contributed by atoms with Crippen LogP contribution in [0.3, 0.4) is 0 Å². The van der Waals surface area contributed by atoms with Gasteiger partial charge in [-0.1, -0.05) is 12.2 Å². The van der Waals surface area contributed by atoms with Gasteiger partial charge in [0.05, 0.1) is 11.8 Å². The number of aliphatic carboxylic acids is 1. The minimum absolute atomic E-state index is 0.155. The highest BCUT2D eigenvalue weighted by Crippen LogP contribution is 2.65. The molecule has 1 saturated heterocycles. The summed E-state index contributed by atoms with van der Waals surface area (Å²) in [4.78, 5) is 37.0. The van der Waals surface area contributed by atoms with Gasteiger partial charge in [-0.05, 0) is 37.0 Å². The fraction of sp³-hybridized carbons (Fsp3) is 0.643. The van der Waals surface area contributed by atoms with Gasteiger partial charge in [-0.25, -0.2) is 4.79 Å². The van der Waals surface area contributed by atoms with Gasteiger partial charge in [0.25, 0.3) is 0 Å². The number of carboxylic acids is 1. The van der Waals surface area contributed by atoms with Crippen molar-refractivity contribution in [2.24, 2.45) is 35.5 Å². The number of carbonyl (C=O) groups excluding carboxylic acids is 2. The van der Waals surface area contributed by atoms with Crippen molar-refractivity contribution in [1.29, 1.82) is 0 Å². The molecule has 0 radical (unpaired) electrons. The molecular weight excluding hydrogens is 246 g/mol. The zero-order valence-electron chi connectivity index (χ0n) is 10.5. The number of hydrogen-bond donors (Lipinski definition) is 1. The summed E-state index contributed by atoms with van der Waals surface area (Å²) in [5.74, 6) is -0.845. The van der Waals surface area contributed by atoms with Crippen LogP contribution < -0.4 is 0 Å². The van der Waals surface area contributed by atoms with Crippen LogP contribution in [0.15, 0.2) is 12.2 Å². The van der Waals surface area contributed by atoms with E-state index in [1.807, 2.05) is 0 Å². The van der Waals surface area contributed by atoms with Gasteiger partial charge < -0.3 is 5.11 Å². The van der Waals surface area contributed by atoms with Crippen molar-refractivity contribution >= 4 is 17.8 Å². The van der Waals surface area contributed by atoms with Gasteiger partial charge in [-0.15, -0.1) is 0 Å². The van der Waals surface area contributed by atoms with E-state index in [0.29, 0.717) is 11.8 Å². The molecule has 0 aromatic heterocycles. The molecule has 1 heterocycles. The van der Waals surface area contributed by atoms with Gasteiger partial charge in [-0.3, -0.25) is 14.5 Å². The highest BCUT2D eigenvalue weighted by molar-refractivity contribution is 6.08. The molecule has 4 aliphatic carbocycles. The molecule has 5 heteroatoms. The number of likely N-dealkylation sites (tertiary alicyclic amines) is 1.